The lowest BCUT2D eigenvalue weighted by Crippen LogP contribution is -2.32. The summed E-state index contributed by atoms with van der Waals surface area (Å²) in [4.78, 5) is 30.1. The molecule has 3 aliphatic rings. The molecule has 0 spiro atoms. The smallest absolute Gasteiger partial charge is 0.225 e. The van der Waals surface area contributed by atoms with Gasteiger partial charge in [0.15, 0.2) is 0 Å². The first-order valence-electron chi connectivity index (χ1n) is 11.7. The SMILES string of the molecule is CN(C)C(=O)[C@H]1CCc2c(sc3ncnc(Nc4cc5c(cc4O[C@H]4CCOC4)CN=C5)c23)C1. The number of hydrogen-bond donors (Lipinski definition) is 1. The van der Waals surface area contributed by atoms with Crippen molar-refractivity contribution < 1.29 is 14.3 Å². The van der Waals surface area contributed by atoms with Gasteiger partial charge in [-0.1, -0.05) is 0 Å². The van der Waals surface area contributed by atoms with E-state index >= 15 is 0 Å². The summed E-state index contributed by atoms with van der Waals surface area (Å²) in [6, 6.07) is 4.18. The molecule has 6 rings (SSSR count). The standard InChI is InChI=1S/C25H27N5O3S/c1-30(2)25(31)14-3-4-18-21(9-14)34-24-22(18)23(27-13-28-24)29-19-7-15-10-26-11-16(15)8-20(19)33-17-5-6-32-12-17/h7-8,10,13-14,17H,3-6,9,11-12H2,1-2H3,(H,27,28,29)/t14-,17-/m0/s1. The van der Waals surface area contributed by atoms with Gasteiger partial charge in [0.25, 0.3) is 0 Å². The van der Waals surface area contributed by atoms with Crippen LogP contribution in [0, 0.1) is 5.92 Å². The number of fused-ring (bicyclic) bond motifs is 4. The van der Waals surface area contributed by atoms with Gasteiger partial charge < -0.3 is 19.7 Å². The fourth-order valence-electron chi connectivity index (χ4n) is 5.03. The summed E-state index contributed by atoms with van der Waals surface area (Å²) < 4.78 is 11.9. The Morgan fingerprint density at radius 2 is 2.18 bits per heavy atom. The Morgan fingerprint density at radius 3 is 3.00 bits per heavy atom. The van der Waals surface area contributed by atoms with Crippen LogP contribution >= 0.6 is 11.3 Å². The number of benzene rings is 1. The van der Waals surface area contributed by atoms with E-state index in [9.17, 15) is 4.79 Å². The number of aliphatic imine (C=N–C) groups is 1. The number of rotatable bonds is 5. The second kappa shape index (κ2) is 8.63. The van der Waals surface area contributed by atoms with Crippen molar-refractivity contribution >= 4 is 45.2 Å². The van der Waals surface area contributed by atoms with Crippen molar-refractivity contribution in [3.8, 4) is 5.75 Å². The molecule has 1 N–H and O–H groups in total. The molecule has 0 unspecified atom stereocenters. The predicted octanol–water partition coefficient (Wildman–Crippen LogP) is 3.73. The maximum atomic E-state index is 12.6. The lowest BCUT2D eigenvalue weighted by Gasteiger charge is -2.24. The normalized spacial score (nSPS) is 20.9. The van der Waals surface area contributed by atoms with E-state index in [0.717, 1.165) is 70.9 Å². The molecule has 1 amide bonds. The Kier molecular flexibility index (Phi) is 5.45. The maximum absolute atomic E-state index is 12.6. The number of anilines is 2. The number of carbonyl (C=O) groups excluding carboxylic acids is 1. The highest BCUT2D eigenvalue weighted by molar-refractivity contribution is 7.19. The number of ether oxygens (including phenoxy) is 2. The van der Waals surface area contributed by atoms with Crippen LogP contribution in [0.2, 0.25) is 0 Å². The van der Waals surface area contributed by atoms with Crippen molar-refractivity contribution in [2.24, 2.45) is 10.9 Å². The van der Waals surface area contributed by atoms with Crippen LogP contribution in [0.15, 0.2) is 23.5 Å². The van der Waals surface area contributed by atoms with Crippen LogP contribution in [0.3, 0.4) is 0 Å². The quantitative estimate of drug-likeness (QED) is 0.602. The maximum Gasteiger partial charge on any atom is 0.225 e. The van der Waals surface area contributed by atoms with Crippen LogP contribution < -0.4 is 10.1 Å². The number of nitrogens with zero attached hydrogens (tertiary/aromatic N) is 4. The highest BCUT2D eigenvalue weighted by Gasteiger charge is 2.30. The lowest BCUT2D eigenvalue weighted by molar-refractivity contribution is -0.133. The van der Waals surface area contributed by atoms with Crippen molar-refractivity contribution in [2.75, 3.05) is 32.6 Å². The van der Waals surface area contributed by atoms with E-state index in [4.69, 9.17) is 9.47 Å². The molecule has 3 aromatic rings. The number of amides is 1. The third-order valence-corrected chi connectivity index (χ3v) is 7.97. The Morgan fingerprint density at radius 1 is 1.26 bits per heavy atom. The molecule has 1 fully saturated rings. The van der Waals surface area contributed by atoms with E-state index in [2.05, 4.69) is 32.4 Å². The Hall–Kier alpha value is -3.04. The molecule has 1 saturated heterocycles. The van der Waals surface area contributed by atoms with E-state index in [1.807, 2.05) is 20.3 Å². The second-order valence-electron chi connectivity index (χ2n) is 9.32. The number of aryl methyl sites for hydroxylation is 1. The molecule has 2 aromatic heterocycles. The molecule has 1 aliphatic carbocycles. The molecule has 9 heteroatoms. The fraction of sp³-hybridized carbons (Fsp3) is 0.440. The predicted molar refractivity (Wildman–Crippen MR) is 132 cm³/mol. The summed E-state index contributed by atoms with van der Waals surface area (Å²) in [6.45, 7) is 2.01. The van der Waals surface area contributed by atoms with E-state index in [0.29, 0.717) is 13.2 Å². The topological polar surface area (TPSA) is 88.9 Å². The zero-order chi connectivity index (χ0) is 23.2. The molecule has 176 valence electrons. The van der Waals surface area contributed by atoms with E-state index < -0.39 is 0 Å². The third-order valence-electron chi connectivity index (χ3n) is 6.80. The van der Waals surface area contributed by atoms with Gasteiger partial charge in [0, 0.05) is 37.5 Å². The van der Waals surface area contributed by atoms with Crippen molar-refractivity contribution in [1.29, 1.82) is 0 Å². The summed E-state index contributed by atoms with van der Waals surface area (Å²) in [6.07, 6.45) is 6.90. The van der Waals surface area contributed by atoms with Crippen LogP contribution in [0.25, 0.3) is 10.2 Å². The highest BCUT2D eigenvalue weighted by atomic mass is 32.1. The monoisotopic (exact) mass is 477 g/mol. The summed E-state index contributed by atoms with van der Waals surface area (Å²) in [5.41, 5.74) is 4.40. The van der Waals surface area contributed by atoms with Gasteiger partial charge in [0.05, 0.1) is 30.8 Å². The number of carbonyl (C=O) groups is 1. The lowest BCUT2D eigenvalue weighted by atomic mass is 9.87. The van der Waals surface area contributed by atoms with Gasteiger partial charge in [-0.3, -0.25) is 9.79 Å². The molecular weight excluding hydrogens is 450 g/mol. The van der Waals surface area contributed by atoms with Gasteiger partial charge in [0.1, 0.15) is 28.8 Å². The molecule has 2 atom stereocenters. The number of nitrogens with one attached hydrogen (secondary N) is 1. The van der Waals surface area contributed by atoms with Crippen LogP contribution in [-0.2, 0) is 28.9 Å². The van der Waals surface area contributed by atoms with Gasteiger partial charge in [-0.15, -0.1) is 11.3 Å². The van der Waals surface area contributed by atoms with Gasteiger partial charge in [-0.25, -0.2) is 9.97 Å². The summed E-state index contributed by atoms with van der Waals surface area (Å²) in [5, 5.41) is 4.62. The van der Waals surface area contributed by atoms with E-state index in [1.54, 1.807) is 22.6 Å². The van der Waals surface area contributed by atoms with Crippen LogP contribution in [-0.4, -0.2) is 60.4 Å². The van der Waals surface area contributed by atoms with Crippen LogP contribution in [0.5, 0.6) is 5.75 Å². The minimum Gasteiger partial charge on any atom is -0.486 e. The second-order valence-corrected chi connectivity index (χ2v) is 10.4. The Labute approximate surface area is 202 Å². The van der Waals surface area contributed by atoms with Crippen molar-refractivity contribution in [1.82, 2.24) is 14.9 Å². The van der Waals surface area contributed by atoms with Crippen molar-refractivity contribution in [2.45, 2.75) is 38.3 Å². The summed E-state index contributed by atoms with van der Waals surface area (Å²) >= 11 is 1.68. The van der Waals surface area contributed by atoms with Crippen LogP contribution in [0.1, 0.15) is 34.4 Å². The Bertz CT molecular complexity index is 1300. The van der Waals surface area contributed by atoms with Crippen LogP contribution in [0.4, 0.5) is 11.5 Å². The minimum absolute atomic E-state index is 0.0320. The first kappa shape index (κ1) is 21.5. The average molecular weight is 478 g/mol. The summed E-state index contributed by atoms with van der Waals surface area (Å²) in [7, 11) is 3.66. The van der Waals surface area contributed by atoms with Gasteiger partial charge in [0.2, 0.25) is 5.91 Å². The number of hydrogen-bond acceptors (Lipinski definition) is 8. The third kappa shape index (κ3) is 3.82. The molecular formula is C25H27N5O3S. The van der Waals surface area contributed by atoms with Gasteiger partial charge >= 0.3 is 0 Å². The largest absolute Gasteiger partial charge is 0.486 e. The zero-order valence-corrected chi connectivity index (χ0v) is 20.2. The zero-order valence-electron chi connectivity index (χ0n) is 19.3. The molecule has 0 saturated carbocycles. The minimum atomic E-state index is 0.0320. The fourth-order valence-corrected chi connectivity index (χ4v) is 6.29. The molecule has 0 radical (unpaired) electrons. The average Bonchev–Trinajstić information content (AvgIpc) is 3.58. The summed E-state index contributed by atoms with van der Waals surface area (Å²) in [5.74, 6) is 1.81. The molecule has 0 bridgehead atoms. The first-order valence-corrected chi connectivity index (χ1v) is 12.5. The number of aromatic nitrogens is 2. The van der Waals surface area contributed by atoms with Gasteiger partial charge in [-0.2, -0.15) is 0 Å². The van der Waals surface area contributed by atoms with Gasteiger partial charge in [-0.05, 0) is 48.1 Å². The first-order chi connectivity index (χ1) is 16.6. The van der Waals surface area contributed by atoms with E-state index in [1.165, 1.54) is 10.4 Å². The Balaban J connectivity index is 1.36. The molecule has 2 aliphatic heterocycles. The van der Waals surface area contributed by atoms with E-state index in [-0.39, 0.29) is 17.9 Å². The number of thiophene rings is 1. The molecule has 4 heterocycles. The molecule has 8 nitrogen and oxygen atoms in total. The van der Waals surface area contributed by atoms with Crippen molar-refractivity contribution in [3.63, 3.8) is 0 Å². The molecule has 1 aromatic carbocycles. The molecule has 34 heavy (non-hydrogen) atoms. The van der Waals surface area contributed by atoms with Crippen molar-refractivity contribution in [3.05, 3.63) is 40.0 Å². The highest BCUT2D eigenvalue weighted by Crippen LogP contribution is 2.42.